The zero-order valence-corrected chi connectivity index (χ0v) is 45.6. The van der Waals surface area contributed by atoms with Crippen LogP contribution in [0.5, 0.6) is 5.75 Å². The van der Waals surface area contributed by atoms with E-state index in [0.29, 0.717) is 37.7 Å². The van der Waals surface area contributed by atoms with Crippen molar-refractivity contribution >= 4 is 64.7 Å². The summed E-state index contributed by atoms with van der Waals surface area (Å²) in [4.78, 5) is 75.7. The fraction of sp³-hybridized carbons (Fsp3) is 0.545. The number of rotatable bonds is 15. The molecular weight excluding hydrogens is 993 g/mol. The molecule has 2 aromatic carbocycles. The first kappa shape index (κ1) is 51.0. The molecule has 6 aliphatic rings. The number of carbonyl (C=O) groups is 4. The maximum Gasteiger partial charge on any atom is 0.407 e. The number of methoxy groups -OCH3 is 2. The van der Waals surface area contributed by atoms with Crippen LogP contribution in [-0.2, 0) is 23.8 Å². The van der Waals surface area contributed by atoms with Crippen LogP contribution in [0.15, 0.2) is 53.8 Å². The predicted molar refractivity (Wildman–Crippen MR) is 288 cm³/mol. The van der Waals surface area contributed by atoms with Gasteiger partial charge >= 0.3 is 12.2 Å². The van der Waals surface area contributed by atoms with Gasteiger partial charge in [-0.15, -0.1) is 24.0 Å². The van der Waals surface area contributed by atoms with E-state index in [-0.39, 0.29) is 53.9 Å². The fourth-order valence-electron chi connectivity index (χ4n) is 12.0. The molecule has 11 rings (SSSR count). The summed E-state index contributed by atoms with van der Waals surface area (Å²) in [6.07, 6.45) is 8.28. The quantitative estimate of drug-likeness (QED) is 0.0625. The van der Waals surface area contributed by atoms with E-state index in [0.717, 1.165) is 105 Å². The Kier molecular flexibility index (Phi) is 13.7. The third-order valence-corrected chi connectivity index (χ3v) is 17.3. The van der Waals surface area contributed by atoms with Crippen LogP contribution >= 0.6 is 24.0 Å². The van der Waals surface area contributed by atoms with Crippen LogP contribution < -0.4 is 20.7 Å². The molecule has 3 aromatic heterocycles. The van der Waals surface area contributed by atoms with Gasteiger partial charge in [-0.1, -0.05) is 26.8 Å². The number of benzene rings is 2. The van der Waals surface area contributed by atoms with Crippen molar-refractivity contribution in [2.45, 2.75) is 146 Å². The Bertz CT molecular complexity index is 3070. The number of H-pyrrole nitrogens is 1. The van der Waals surface area contributed by atoms with Crippen molar-refractivity contribution in [1.82, 2.24) is 45.3 Å². The van der Waals surface area contributed by atoms with E-state index in [1.807, 2.05) is 49.9 Å². The van der Waals surface area contributed by atoms with E-state index < -0.39 is 35.4 Å². The van der Waals surface area contributed by atoms with Crippen LogP contribution in [0, 0.1) is 24.7 Å². The summed E-state index contributed by atoms with van der Waals surface area (Å²) in [7, 11) is 2.61. The number of amidine groups is 1. The van der Waals surface area contributed by atoms with Gasteiger partial charge in [0, 0.05) is 53.7 Å². The number of likely N-dealkylation sites (tertiary alicyclic amines) is 1. The van der Waals surface area contributed by atoms with Crippen molar-refractivity contribution < 1.29 is 38.1 Å². The molecule has 2 aliphatic carbocycles. The predicted octanol–water partition coefficient (Wildman–Crippen LogP) is 9.14. The normalized spacial score (nSPS) is 26.5. The van der Waals surface area contributed by atoms with Crippen molar-refractivity contribution in [3.8, 4) is 28.3 Å². The number of nitrogens with zero attached hydrogens (tertiary/aromatic N) is 6. The number of hydrogen-bond acceptors (Lipinski definition) is 14. The monoisotopic (exact) mass is 1060 g/mol. The lowest BCUT2D eigenvalue weighted by Gasteiger charge is -2.42. The van der Waals surface area contributed by atoms with Crippen LogP contribution in [-0.4, -0.2) is 116 Å². The standard InChI is InChI=1S/C55H68N10O8S2/c1-9-16-63(51(67)45(60-54(69)71-8)34-19-29(5)73-55(6,74)24-34)39-23-35(39)47-61-46(62-47)31-14-15-37-33(20-31)21-40-43-28(4)18-32(22-41(43)72-52(65(37)40)42-26-57-49(75-42)30-12-13-30)36-25-56-48(58-36)38-11-10-17-64(38)50(66)44(27(2)3)59-53(68)70-7/h14-15,18,20-22,25-27,29-30,34-35,38-39,44-46,52,74H,9-13,16-17,19,23-24H2,1-8H3,(H,56,58)(H,59,68)(H,60,69)(H,61,62). The van der Waals surface area contributed by atoms with Crippen molar-refractivity contribution in [2.24, 2.45) is 22.7 Å². The Balaban J connectivity index is 0.852. The second kappa shape index (κ2) is 20.1. The number of fused-ring (bicyclic) bond motifs is 5. The second-order valence-corrected chi connectivity index (χ2v) is 23.9. The van der Waals surface area contributed by atoms with E-state index in [1.165, 1.54) is 14.2 Å². The summed E-state index contributed by atoms with van der Waals surface area (Å²) in [6.45, 7) is 13.0. The summed E-state index contributed by atoms with van der Waals surface area (Å²) in [5.41, 5.74) is 6.90. The lowest BCUT2D eigenvalue weighted by Crippen LogP contribution is -2.56. The number of carbonyl (C=O) groups excluding carboxylic acids is 4. The number of aromatic amines is 1. The maximum absolute atomic E-state index is 14.5. The molecule has 4 amide bonds. The van der Waals surface area contributed by atoms with Gasteiger partial charge < -0.3 is 49.7 Å². The lowest BCUT2D eigenvalue weighted by molar-refractivity contribution is -0.139. The number of aromatic nitrogens is 4. The van der Waals surface area contributed by atoms with Crippen LogP contribution in [0.1, 0.15) is 137 Å². The summed E-state index contributed by atoms with van der Waals surface area (Å²) in [5.74, 6) is 2.35. The van der Waals surface area contributed by atoms with E-state index >= 15 is 0 Å². The maximum atomic E-state index is 14.5. The van der Waals surface area contributed by atoms with Gasteiger partial charge in [0.25, 0.3) is 0 Å². The number of aryl methyl sites for hydroxylation is 1. The number of thiol groups is 1. The van der Waals surface area contributed by atoms with Gasteiger partial charge in [0.2, 0.25) is 18.0 Å². The number of hydrogen-bond donors (Lipinski definition) is 5. The Morgan fingerprint density at radius 3 is 2.52 bits per heavy atom. The Morgan fingerprint density at radius 1 is 1.03 bits per heavy atom. The van der Waals surface area contributed by atoms with Crippen molar-refractivity contribution in [3.63, 3.8) is 0 Å². The summed E-state index contributed by atoms with van der Waals surface area (Å²) in [6, 6.07) is 11.2. The molecule has 398 valence electrons. The number of aliphatic imine (C=N–C) groups is 1. The third kappa shape index (κ3) is 9.86. The minimum Gasteiger partial charge on any atom is -0.464 e. The number of imidazole rings is 1. The molecule has 10 atom stereocenters. The molecule has 0 bridgehead atoms. The average molecular weight is 1060 g/mol. The van der Waals surface area contributed by atoms with Gasteiger partial charge in [0.1, 0.15) is 40.6 Å². The van der Waals surface area contributed by atoms with Crippen molar-refractivity contribution in [2.75, 3.05) is 27.3 Å². The highest BCUT2D eigenvalue weighted by molar-refractivity contribution is 7.81. The molecule has 2 saturated carbocycles. The first-order valence-electron chi connectivity index (χ1n) is 26.5. The van der Waals surface area contributed by atoms with Gasteiger partial charge in [-0.2, -0.15) is 0 Å². The number of nitrogens with one attached hydrogen (secondary N) is 4. The van der Waals surface area contributed by atoms with E-state index in [9.17, 15) is 19.2 Å². The highest BCUT2D eigenvalue weighted by atomic mass is 32.1. The Labute approximate surface area is 446 Å². The molecule has 4 fully saturated rings. The van der Waals surface area contributed by atoms with Gasteiger partial charge in [0.05, 0.1) is 59.4 Å². The van der Waals surface area contributed by atoms with Gasteiger partial charge in [0.15, 0.2) is 0 Å². The zero-order chi connectivity index (χ0) is 52.6. The molecule has 18 nitrogen and oxygen atoms in total. The summed E-state index contributed by atoms with van der Waals surface area (Å²) in [5, 5.41) is 11.5. The first-order chi connectivity index (χ1) is 36.0. The van der Waals surface area contributed by atoms with E-state index in [2.05, 4.69) is 75.7 Å². The molecule has 75 heavy (non-hydrogen) atoms. The average Bonchev–Trinajstić information content (AvgIpc) is 4.05. The highest BCUT2D eigenvalue weighted by Gasteiger charge is 2.52. The van der Waals surface area contributed by atoms with Crippen molar-refractivity contribution in [1.29, 1.82) is 0 Å². The molecule has 4 aliphatic heterocycles. The molecule has 5 aromatic rings. The molecule has 2 saturated heterocycles. The van der Waals surface area contributed by atoms with Gasteiger partial charge in [-0.3, -0.25) is 14.2 Å². The first-order valence-corrected chi connectivity index (χ1v) is 27.8. The topological polar surface area (TPSA) is 207 Å². The molecule has 20 heteroatoms. The van der Waals surface area contributed by atoms with Crippen LogP contribution in [0.4, 0.5) is 9.59 Å². The molecule has 0 spiro atoms. The molecule has 7 heterocycles. The molecule has 4 N–H and O–H groups in total. The van der Waals surface area contributed by atoms with Crippen molar-refractivity contribution in [3.05, 3.63) is 75.6 Å². The lowest BCUT2D eigenvalue weighted by atomic mass is 9.85. The zero-order valence-electron chi connectivity index (χ0n) is 43.8. The minimum absolute atomic E-state index is 0.0376. The van der Waals surface area contributed by atoms with E-state index in [4.69, 9.17) is 46.5 Å². The number of alkyl carbamates (subject to hydrolysis) is 2. The van der Waals surface area contributed by atoms with Crippen LogP contribution in [0.2, 0.25) is 0 Å². The van der Waals surface area contributed by atoms with Crippen LogP contribution in [0.25, 0.3) is 33.4 Å². The third-order valence-electron chi connectivity index (χ3n) is 15.8. The van der Waals surface area contributed by atoms with Gasteiger partial charge in [-0.05, 0) is 125 Å². The number of ether oxygens (including phenoxy) is 4. The molecule has 0 radical (unpaired) electrons. The number of amides is 4. The summed E-state index contributed by atoms with van der Waals surface area (Å²) < 4.78 is 25.3. The minimum atomic E-state index is -0.771. The Morgan fingerprint density at radius 2 is 1.80 bits per heavy atom. The highest BCUT2D eigenvalue weighted by Crippen LogP contribution is 2.51. The largest absolute Gasteiger partial charge is 0.464 e. The van der Waals surface area contributed by atoms with E-state index in [1.54, 1.807) is 11.3 Å². The second-order valence-electron chi connectivity index (χ2n) is 21.9. The Hall–Kier alpha value is -6.12. The molecular formula is C55H68N10O8S2. The fourth-order valence-corrected chi connectivity index (χ4v) is 13.5. The summed E-state index contributed by atoms with van der Waals surface area (Å²) >= 11 is 6.47. The van der Waals surface area contributed by atoms with Gasteiger partial charge in [-0.25, -0.2) is 24.5 Å². The van der Waals surface area contributed by atoms with Crippen LogP contribution in [0.3, 0.4) is 0 Å². The number of thiazole rings is 1. The smallest absolute Gasteiger partial charge is 0.407 e. The molecule has 10 unspecified atom stereocenters. The SMILES string of the molecule is CCCN(C(=O)C(NC(=O)OC)C1CC(C)OC(C)(S)C1)C1CC1C1=NC(c2ccc3c(c2)cc2n3C(c3cnc(C4CC4)s3)Oc3cc(-c4cnc(C5CCCN5C(=O)C(NC(=O)OC)C(C)C)[nH]4)cc(C)c3-2)N1.